The summed E-state index contributed by atoms with van der Waals surface area (Å²) in [7, 11) is 0. The van der Waals surface area contributed by atoms with Gasteiger partial charge in [0.05, 0.1) is 5.02 Å². The molecule has 3 N–H and O–H groups in total. The van der Waals surface area contributed by atoms with Crippen LogP contribution in [0.25, 0.3) is 0 Å². The zero-order valence-electron chi connectivity index (χ0n) is 8.06. The van der Waals surface area contributed by atoms with Gasteiger partial charge in [0.2, 0.25) is 0 Å². The highest BCUT2D eigenvalue weighted by molar-refractivity contribution is 6.32. The molecule has 2 nitrogen and oxygen atoms in total. The smallest absolute Gasteiger partial charge is 0.134 e. The second kappa shape index (κ2) is 3.20. The summed E-state index contributed by atoms with van der Waals surface area (Å²) in [6.07, 6.45) is 0. The number of benzene rings is 1. The SMILES string of the molecule is Cc1cc(Cl)c(O)cc1C(C)(C)N. The fraction of sp³-hybridized carbons (Fsp3) is 0.400. The summed E-state index contributed by atoms with van der Waals surface area (Å²) in [6.45, 7) is 5.71. The van der Waals surface area contributed by atoms with Gasteiger partial charge >= 0.3 is 0 Å². The molecule has 0 spiro atoms. The summed E-state index contributed by atoms with van der Waals surface area (Å²) in [6, 6.07) is 3.35. The van der Waals surface area contributed by atoms with Gasteiger partial charge in [0.15, 0.2) is 0 Å². The Morgan fingerprint density at radius 3 is 2.38 bits per heavy atom. The Balaban J connectivity index is 3.32. The Morgan fingerprint density at radius 2 is 1.92 bits per heavy atom. The fourth-order valence-electron chi connectivity index (χ4n) is 1.36. The Kier molecular flexibility index (Phi) is 2.55. The standard InChI is InChI=1S/C10H14ClNO/c1-6-4-8(11)9(13)5-7(6)10(2,3)12/h4-5,13H,12H2,1-3H3. The average molecular weight is 200 g/mol. The Bertz CT molecular complexity index is 328. The molecule has 0 bridgehead atoms. The van der Waals surface area contributed by atoms with Crippen LogP contribution in [0.3, 0.4) is 0 Å². The van der Waals surface area contributed by atoms with Crippen molar-refractivity contribution in [3.8, 4) is 5.75 Å². The van der Waals surface area contributed by atoms with Crippen molar-refractivity contribution in [3.63, 3.8) is 0 Å². The molecule has 0 fully saturated rings. The summed E-state index contributed by atoms with van der Waals surface area (Å²) < 4.78 is 0. The number of halogens is 1. The van der Waals surface area contributed by atoms with Crippen molar-refractivity contribution in [2.24, 2.45) is 5.73 Å². The second-order valence-corrected chi connectivity index (χ2v) is 4.25. The van der Waals surface area contributed by atoms with Gasteiger partial charge in [-0.2, -0.15) is 0 Å². The minimum atomic E-state index is -0.452. The minimum absolute atomic E-state index is 0.0841. The molecule has 3 heteroatoms. The molecule has 0 aliphatic carbocycles. The zero-order chi connectivity index (χ0) is 10.2. The molecular formula is C10H14ClNO. The van der Waals surface area contributed by atoms with Gasteiger partial charge in [0, 0.05) is 5.54 Å². The van der Waals surface area contributed by atoms with Crippen LogP contribution in [0.2, 0.25) is 5.02 Å². The molecule has 0 aromatic heterocycles. The van der Waals surface area contributed by atoms with Crippen molar-refractivity contribution >= 4 is 11.6 Å². The number of hydrogen-bond donors (Lipinski definition) is 2. The normalized spacial score (nSPS) is 11.8. The second-order valence-electron chi connectivity index (χ2n) is 3.84. The molecule has 0 amide bonds. The number of phenolic OH excluding ortho intramolecular Hbond substituents is 1. The third-order valence-electron chi connectivity index (χ3n) is 1.99. The highest BCUT2D eigenvalue weighted by atomic mass is 35.5. The maximum Gasteiger partial charge on any atom is 0.134 e. The van der Waals surface area contributed by atoms with E-state index < -0.39 is 5.54 Å². The van der Waals surface area contributed by atoms with Crippen LogP contribution in [0.15, 0.2) is 12.1 Å². The summed E-state index contributed by atoms with van der Waals surface area (Å²) in [5.74, 6) is 0.0841. The van der Waals surface area contributed by atoms with E-state index in [4.69, 9.17) is 17.3 Å². The molecule has 0 unspecified atom stereocenters. The first-order valence-corrected chi connectivity index (χ1v) is 4.48. The lowest BCUT2D eigenvalue weighted by Crippen LogP contribution is -2.29. The molecule has 0 saturated heterocycles. The molecule has 0 heterocycles. The van der Waals surface area contributed by atoms with Crippen molar-refractivity contribution in [1.29, 1.82) is 0 Å². The van der Waals surface area contributed by atoms with Crippen molar-refractivity contribution in [2.75, 3.05) is 0 Å². The Morgan fingerprint density at radius 1 is 1.38 bits per heavy atom. The van der Waals surface area contributed by atoms with Crippen LogP contribution in [-0.2, 0) is 5.54 Å². The van der Waals surface area contributed by atoms with Crippen LogP contribution in [-0.4, -0.2) is 5.11 Å². The highest BCUT2D eigenvalue weighted by Gasteiger charge is 2.18. The predicted octanol–water partition coefficient (Wildman–Crippen LogP) is 2.55. The molecular weight excluding hydrogens is 186 g/mol. The maximum absolute atomic E-state index is 9.40. The summed E-state index contributed by atoms with van der Waals surface area (Å²) in [5.41, 5.74) is 7.38. The van der Waals surface area contributed by atoms with Crippen molar-refractivity contribution in [3.05, 3.63) is 28.3 Å². The molecule has 1 aromatic rings. The van der Waals surface area contributed by atoms with E-state index in [0.717, 1.165) is 11.1 Å². The number of rotatable bonds is 1. The number of aromatic hydroxyl groups is 1. The van der Waals surface area contributed by atoms with Crippen LogP contribution in [0.4, 0.5) is 0 Å². The fourth-order valence-corrected chi connectivity index (χ4v) is 1.57. The van der Waals surface area contributed by atoms with Gasteiger partial charge < -0.3 is 10.8 Å². The average Bonchev–Trinajstić information content (AvgIpc) is 1.94. The van der Waals surface area contributed by atoms with E-state index in [2.05, 4.69) is 0 Å². The third-order valence-corrected chi connectivity index (χ3v) is 2.29. The molecule has 1 rings (SSSR count). The first kappa shape index (κ1) is 10.4. The van der Waals surface area contributed by atoms with E-state index in [9.17, 15) is 5.11 Å². The maximum atomic E-state index is 9.40. The van der Waals surface area contributed by atoms with Crippen LogP contribution < -0.4 is 5.73 Å². The first-order valence-electron chi connectivity index (χ1n) is 4.11. The van der Waals surface area contributed by atoms with Crippen molar-refractivity contribution < 1.29 is 5.11 Å². The lowest BCUT2D eigenvalue weighted by molar-refractivity contribution is 0.469. The van der Waals surface area contributed by atoms with E-state index in [1.54, 1.807) is 12.1 Å². The third kappa shape index (κ3) is 2.14. The lowest BCUT2D eigenvalue weighted by Gasteiger charge is -2.22. The Hall–Kier alpha value is -0.730. The molecule has 0 saturated carbocycles. The largest absolute Gasteiger partial charge is 0.506 e. The molecule has 0 atom stereocenters. The van der Waals surface area contributed by atoms with E-state index in [-0.39, 0.29) is 5.75 Å². The zero-order valence-corrected chi connectivity index (χ0v) is 8.81. The van der Waals surface area contributed by atoms with Crippen LogP contribution in [0, 0.1) is 6.92 Å². The molecule has 72 valence electrons. The van der Waals surface area contributed by atoms with Crippen LogP contribution in [0.5, 0.6) is 5.75 Å². The van der Waals surface area contributed by atoms with Gasteiger partial charge in [0.1, 0.15) is 5.75 Å². The van der Waals surface area contributed by atoms with E-state index in [0.29, 0.717) is 5.02 Å². The predicted molar refractivity (Wildman–Crippen MR) is 55.1 cm³/mol. The number of hydrogen-bond acceptors (Lipinski definition) is 2. The number of phenols is 1. The van der Waals surface area contributed by atoms with Gasteiger partial charge in [-0.15, -0.1) is 0 Å². The van der Waals surface area contributed by atoms with Crippen molar-refractivity contribution in [1.82, 2.24) is 0 Å². The van der Waals surface area contributed by atoms with Crippen LogP contribution in [0.1, 0.15) is 25.0 Å². The van der Waals surface area contributed by atoms with E-state index in [1.165, 1.54) is 0 Å². The molecule has 13 heavy (non-hydrogen) atoms. The van der Waals surface area contributed by atoms with Crippen LogP contribution >= 0.6 is 11.6 Å². The van der Waals surface area contributed by atoms with E-state index in [1.807, 2.05) is 20.8 Å². The summed E-state index contributed by atoms with van der Waals surface area (Å²) in [4.78, 5) is 0. The van der Waals surface area contributed by atoms with Gasteiger partial charge in [-0.3, -0.25) is 0 Å². The Labute approximate surface area is 83.3 Å². The number of aryl methyl sites for hydroxylation is 1. The quantitative estimate of drug-likeness (QED) is 0.730. The lowest BCUT2D eigenvalue weighted by atomic mass is 9.91. The van der Waals surface area contributed by atoms with E-state index >= 15 is 0 Å². The van der Waals surface area contributed by atoms with Gasteiger partial charge in [-0.25, -0.2) is 0 Å². The minimum Gasteiger partial charge on any atom is -0.506 e. The van der Waals surface area contributed by atoms with Gasteiger partial charge in [-0.05, 0) is 44.0 Å². The van der Waals surface area contributed by atoms with Gasteiger partial charge in [-0.1, -0.05) is 11.6 Å². The first-order chi connectivity index (χ1) is 5.82. The number of nitrogens with two attached hydrogens (primary N) is 1. The molecule has 0 aliphatic heterocycles. The highest BCUT2D eigenvalue weighted by Crippen LogP contribution is 2.31. The summed E-state index contributed by atoms with van der Waals surface area (Å²) >= 11 is 5.75. The molecule has 0 aliphatic rings. The van der Waals surface area contributed by atoms with Gasteiger partial charge in [0.25, 0.3) is 0 Å². The molecule has 1 aromatic carbocycles. The molecule has 0 radical (unpaired) electrons. The summed E-state index contributed by atoms with van der Waals surface area (Å²) in [5, 5.41) is 9.77. The topological polar surface area (TPSA) is 46.2 Å². The monoisotopic (exact) mass is 199 g/mol. The van der Waals surface area contributed by atoms with Crippen molar-refractivity contribution in [2.45, 2.75) is 26.3 Å².